The number of piperidine rings is 1. The third kappa shape index (κ3) is 4.05. The summed E-state index contributed by atoms with van der Waals surface area (Å²) in [6, 6.07) is 0.940. The van der Waals surface area contributed by atoms with E-state index in [-0.39, 0.29) is 0 Å². The molecule has 2 aromatic rings. The van der Waals surface area contributed by atoms with Crippen molar-refractivity contribution in [1.82, 2.24) is 19.5 Å². The Morgan fingerprint density at radius 3 is 2.61 bits per heavy atom. The van der Waals surface area contributed by atoms with Gasteiger partial charge in [0.05, 0.1) is 6.33 Å². The first-order chi connectivity index (χ1) is 13.6. The minimum atomic E-state index is -2.71. The molecule has 3 heterocycles. The van der Waals surface area contributed by atoms with Gasteiger partial charge in [0.2, 0.25) is 0 Å². The van der Waals surface area contributed by atoms with Crippen molar-refractivity contribution in [2.24, 2.45) is 5.92 Å². The minimum absolute atomic E-state index is 0.327. The van der Waals surface area contributed by atoms with Gasteiger partial charge in [-0.25, -0.2) is 23.7 Å². The Morgan fingerprint density at radius 2 is 1.86 bits per heavy atom. The van der Waals surface area contributed by atoms with E-state index in [2.05, 4.69) is 19.9 Å². The molecular weight excluding hydrogens is 364 g/mol. The molecule has 0 unspecified atom stereocenters. The SMILES string of the molecule is O=c1cc(C(F)F)ncn1CC1CCN(c2ncnc3c2CCCCC3)CC1. The molecule has 6 nitrogen and oxygen atoms in total. The first-order valence-corrected chi connectivity index (χ1v) is 10.0. The molecule has 1 saturated heterocycles. The van der Waals surface area contributed by atoms with Crippen LogP contribution in [0.5, 0.6) is 0 Å². The Bertz CT molecular complexity index is 877. The lowest BCUT2D eigenvalue weighted by molar-refractivity contribution is 0.145. The Labute approximate surface area is 162 Å². The highest BCUT2D eigenvalue weighted by molar-refractivity contribution is 5.49. The van der Waals surface area contributed by atoms with Gasteiger partial charge in [-0.15, -0.1) is 0 Å². The zero-order valence-corrected chi connectivity index (χ0v) is 15.9. The summed E-state index contributed by atoms with van der Waals surface area (Å²) < 4.78 is 26.8. The van der Waals surface area contributed by atoms with E-state index in [0.29, 0.717) is 12.5 Å². The summed E-state index contributed by atoms with van der Waals surface area (Å²) in [7, 11) is 0. The van der Waals surface area contributed by atoms with Crippen LogP contribution in [-0.4, -0.2) is 32.6 Å². The fraction of sp³-hybridized carbons (Fsp3) is 0.600. The molecule has 0 saturated carbocycles. The molecule has 8 heteroatoms. The molecule has 150 valence electrons. The van der Waals surface area contributed by atoms with E-state index in [1.54, 1.807) is 6.33 Å². The molecule has 0 bridgehead atoms. The number of hydrogen-bond donors (Lipinski definition) is 0. The summed E-state index contributed by atoms with van der Waals surface area (Å²) in [6.45, 7) is 2.28. The lowest BCUT2D eigenvalue weighted by atomic mass is 9.96. The molecule has 1 fully saturated rings. The van der Waals surface area contributed by atoms with E-state index < -0.39 is 17.7 Å². The second-order valence-corrected chi connectivity index (χ2v) is 7.72. The van der Waals surface area contributed by atoms with Gasteiger partial charge in [-0.1, -0.05) is 6.42 Å². The van der Waals surface area contributed by atoms with Crippen molar-refractivity contribution in [2.45, 2.75) is 57.9 Å². The number of hydrogen-bond acceptors (Lipinski definition) is 5. The number of halogens is 2. The number of nitrogens with zero attached hydrogens (tertiary/aromatic N) is 5. The molecule has 0 atom stereocenters. The van der Waals surface area contributed by atoms with Crippen LogP contribution in [0.1, 0.15) is 55.5 Å². The zero-order valence-electron chi connectivity index (χ0n) is 15.9. The molecule has 0 amide bonds. The van der Waals surface area contributed by atoms with Gasteiger partial charge >= 0.3 is 0 Å². The van der Waals surface area contributed by atoms with Crippen LogP contribution < -0.4 is 10.5 Å². The van der Waals surface area contributed by atoms with Crippen molar-refractivity contribution in [3.05, 3.63) is 46.0 Å². The molecule has 0 radical (unpaired) electrons. The van der Waals surface area contributed by atoms with E-state index in [4.69, 9.17) is 0 Å². The summed E-state index contributed by atoms with van der Waals surface area (Å²) in [6.07, 6.45) is 7.78. The first-order valence-electron chi connectivity index (χ1n) is 10.0. The molecule has 1 aliphatic heterocycles. The fourth-order valence-electron chi connectivity index (χ4n) is 4.26. The number of aryl methyl sites for hydroxylation is 1. The standard InChI is InChI=1S/C20H25F2N5O/c21-19(22)17-10-18(28)27(13-25-17)11-14-6-8-26(9-7-14)20-15-4-2-1-3-5-16(15)23-12-24-20/h10,12-14,19H,1-9,11H2. The predicted octanol–water partition coefficient (Wildman–Crippen LogP) is 3.16. The van der Waals surface area contributed by atoms with Crippen LogP contribution in [-0.2, 0) is 19.4 Å². The molecular formula is C20H25F2N5O. The monoisotopic (exact) mass is 389 g/mol. The zero-order chi connectivity index (χ0) is 19.5. The van der Waals surface area contributed by atoms with Crippen LogP contribution in [0.4, 0.5) is 14.6 Å². The topological polar surface area (TPSA) is 63.9 Å². The Kier molecular flexibility index (Phi) is 5.64. The second kappa shape index (κ2) is 8.32. The fourth-order valence-corrected chi connectivity index (χ4v) is 4.26. The molecule has 0 aromatic carbocycles. The van der Waals surface area contributed by atoms with E-state index in [1.165, 1.54) is 41.4 Å². The highest BCUT2D eigenvalue weighted by atomic mass is 19.3. The Balaban J connectivity index is 1.41. The molecule has 2 aromatic heterocycles. The smallest absolute Gasteiger partial charge is 0.280 e. The molecule has 0 N–H and O–H groups in total. The third-order valence-electron chi connectivity index (χ3n) is 5.85. The van der Waals surface area contributed by atoms with Crippen LogP contribution in [0.15, 0.2) is 23.5 Å². The van der Waals surface area contributed by atoms with E-state index in [1.807, 2.05) is 0 Å². The number of fused-ring (bicyclic) bond motifs is 1. The number of alkyl halides is 2. The van der Waals surface area contributed by atoms with Gasteiger partial charge in [-0.05, 0) is 44.4 Å². The van der Waals surface area contributed by atoms with E-state index in [9.17, 15) is 13.6 Å². The summed E-state index contributed by atoms with van der Waals surface area (Å²) in [5, 5.41) is 0. The van der Waals surface area contributed by atoms with Gasteiger partial charge in [0.15, 0.2) is 0 Å². The average molecular weight is 389 g/mol. The van der Waals surface area contributed by atoms with Crippen LogP contribution in [0.3, 0.4) is 0 Å². The van der Waals surface area contributed by atoms with Crippen LogP contribution in [0, 0.1) is 5.92 Å². The van der Waals surface area contributed by atoms with Crippen molar-refractivity contribution in [3.8, 4) is 0 Å². The van der Waals surface area contributed by atoms with Gasteiger partial charge in [0, 0.05) is 37.0 Å². The van der Waals surface area contributed by atoms with Gasteiger partial charge in [-0.2, -0.15) is 0 Å². The minimum Gasteiger partial charge on any atom is -0.356 e. The van der Waals surface area contributed by atoms with Crippen LogP contribution in [0.25, 0.3) is 0 Å². The average Bonchev–Trinajstić information content (AvgIpc) is 2.95. The van der Waals surface area contributed by atoms with Gasteiger partial charge in [0.25, 0.3) is 12.0 Å². The molecule has 4 rings (SSSR count). The number of anilines is 1. The summed E-state index contributed by atoms with van der Waals surface area (Å²) in [5.74, 6) is 1.40. The number of rotatable bonds is 4. The molecule has 2 aliphatic rings. The number of aromatic nitrogens is 4. The molecule has 0 spiro atoms. The summed E-state index contributed by atoms with van der Waals surface area (Å²) >= 11 is 0. The lowest BCUT2D eigenvalue weighted by Crippen LogP contribution is -2.37. The largest absolute Gasteiger partial charge is 0.356 e. The van der Waals surface area contributed by atoms with Crippen molar-refractivity contribution in [2.75, 3.05) is 18.0 Å². The Hall–Kier alpha value is -2.38. The normalized spacial score (nSPS) is 18.2. The van der Waals surface area contributed by atoms with Gasteiger partial charge in [0.1, 0.15) is 17.8 Å². The lowest BCUT2D eigenvalue weighted by Gasteiger charge is -2.34. The molecule has 28 heavy (non-hydrogen) atoms. The predicted molar refractivity (Wildman–Crippen MR) is 102 cm³/mol. The van der Waals surface area contributed by atoms with Crippen molar-refractivity contribution in [1.29, 1.82) is 0 Å². The quantitative estimate of drug-likeness (QED) is 0.752. The van der Waals surface area contributed by atoms with Crippen molar-refractivity contribution < 1.29 is 8.78 Å². The van der Waals surface area contributed by atoms with E-state index in [0.717, 1.165) is 50.7 Å². The van der Waals surface area contributed by atoms with Crippen LogP contribution >= 0.6 is 0 Å². The van der Waals surface area contributed by atoms with Gasteiger partial charge < -0.3 is 4.90 Å². The van der Waals surface area contributed by atoms with Gasteiger partial charge in [-0.3, -0.25) is 9.36 Å². The third-order valence-corrected chi connectivity index (χ3v) is 5.85. The molecule has 1 aliphatic carbocycles. The highest BCUT2D eigenvalue weighted by Crippen LogP contribution is 2.29. The highest BCUT2D eigenvalue weighted by Gasteiger charge is 2.24. The van der Waals surface area contributed by atoms with Crippen LogP contribution in [0.2, 0.25) is 0 Å². The summed E-state index contributed by atoms with van der Waals surface area (Å²) in [4.78, 5) is 27.2. The maximum Gasteiger partial charge on any atom is 0.280 e. The van der Waals surface area contributed by atoms with Crippen molar-refractivity contribution >= 4 is 5.82 Å². The summed E-state index contributed by atoms with van der Waals surface area (Å²) in [5.41, 5.74) is 1.64. The second-order valence-electron chi connectivity index (χ2n) is 7.72. The van der Waals surface area contributed by atoms with E-state index >= 15 is 0 Å². The first kappa shape index (κ1) is 19.0. The van der Waals surface area contributed by atoms with Crippen molar-refractivity contribution in [3.63, 3.8) is 0 Å². The maximum absolute atomic E-state index is 12.7. The Morgan fingerprint density at radius 1 is 1.07 bits per heavy atom. The maximum atomic E-state index is 12.7.